The Hall–Kier alpha value is -0.620. The number of sulfone groups is 1. The molecule has 21 heavy (non-hydrogen) atoms. The zero-order valence-electron chi connectivity index (χ0n) is 13.0. The van der Waals surface area contributed by atoms with Crippen molar-refractivity contribution in [1.29, 1.82) is 0 Å². The zero-order valence-corrected chi connectivity index (χ0v) is 13.8. The number of carbonyl (C=O) groups is 1. The average molecular weight is 316 g/mol. The Morgan fingerprint density at radius 2 is 2.14 bits per heavy atom. The summed E-state index contributed by atoms with van der Waals surface area (Å²) >= 11 is 0. The molecule has 6 heteroatoms. The Morgan fingerprint density at radius 1 is 1.33 bits per heavy atom. The topological polar surface area (TPSA) is 66.5 Å². The third-order valence-corrected chi connectivity index (χ3v) is 6.40. The van der Waals surface area contributed by atoms with Gasteiger partial charge in [-0.3, -0.25) is 4.79 Å². The summed E-state index contributed by atoms with van der Waals surface area (Å²) in [6.07, 6.45) is 5.23. The number of hydrogen-bond donors (Lipinski definition) is 1. The van der Waals surface area contributed by atoms with Gasteiger partial charge in [-0.1, -0.05) is 13.3 Å². The second-order valence-corrected chi connectivity index (χ2v) is 8.62. The van der Waals surface area contributed by atoms with E-state index >= 15 is 0 Å². The van der Waals surface area contributed by atoms with Crippen LogP contribution >= 0.6 is 0 Å². The van der Waals surface area contributed by atoms with Gasteiger partial charge in [0.2, 0.25) is 5.91 Å². The van der Waals surface area contributed by atoms with Gasteiger partial charge in [0.05, 0.1) is 11.5 Å². The van der Waals surface area contributed by atoms with E-state index in [4.69, 9.17) is 0 Å². The van der Waals surface area contributed by atoms with E-state index in [9.17, 15) is 13.2 Å². The Balaban J connectivity index is 1.89. The Labute approximate surface area is 128 Å². The predicted molar refractivity (Wildman–Crippen MR) is 83.9 cm³/mol. The van der Waals surface area contributed by atoms with E-state index in [-0.39, 0.29) is 23.5 Å². The van der Waals surface area contributed by atoms with E-state index in [1.54, 1.807) is 0 Å². The van der Waals surface area contributed by atoms with Gasteiger partial charge in [0.1, 0.15) is 0 Å². The number of unbranched alkanes of at least 4 members (excludes halogenated alkanes) is 1. The summed E-state index contributed by atoms with van der Waals surface area (Å²) in [6.45, 7) is 4.87. The van der Waals surface area contributed by atoms with Crippen LogP contribution in [0.25, 0.3) is 0 Å². The van der Waals surface area contributed by atoms with Crippen LogP contribution in [-0.4, -0.2) is 56.4 Å². The fraction of sp³-hybridized carbons (Fsp3) is 0.933. The molecule has 0 aromatic heterocycles. The van der Waals surface area contributed by atoms with Gasteiger partial charge in [-0.2, -0.15) is 0 Å². The number of rotatable bonds is 7. The lowest BCUT2D eigenvalue weighted by Crippen LogP contribution is -2.41. The molecule has 2 atom stereocenters. The molecule has 2 saturated heterocycles. The van der Waals surface area contributed by atoms with Gasteiger partial charge in [0, 0.05) is 19.0 Å². The largest absolute Gasteiger partial charge is 0.339 e. The molecule has 122 valence electrons. The SMILES string of the molecule is CCCCN(C(=O)CCC1CCNC1)C1CCS(=O)(=O)C1. The van der Waals surface area contributed by atoms with E-state index in [1.165, 1.54) is 0 Å². The van der Waals surface area contributed by atoms with Gasteiger partial charge in [0.15, 0.2) is 9.84 Å². The normalized spacial score (nSPS) is 27.9. The van der Waals surface area contributed by atoms with Gasteiger partial charge in [-0.15, -0.1) is 0 Å². The lowest BCUT2D eigenvalue weighted by atomic mass is 10.0. The maximum Gasteiger partial charge on any atom is 0.222 e. The van der Waals surface area contributed by atoms with Crippen LogP contribution in [0, 0.1) is 5.92 Å². The van der Waals surface area contributed by atoms with Crippen LogP contribution in [0.5, 0.6) is 0 Å². The Bertz CT molecular complexity index is 444. The minimum absolute atomic E-state index is 0.0873. The van der Waals surface area contributed by atoms with Crippen LogP contribution in [0.15, 0.2) is 0 Å². The molecule has 5 nitrogen and oxygen atoms in total. The fourth-order valence-electron chi connectivity index (χ4n) is 3.29. The molecule has 0 bridgehead atoms. The van der Waals surface area contributed by atoms with Crippen molar-refractivity contribution < 1.29 is 13.2 Å². The third kappa shape index (κ3) is 4.95. The van der Waals surface area contributed by atoms with Gasteiger partial charge < -0.3 is 10.2 Å². The van der Waals surface area contributed by atoms with Crippen molar-refractivity contribution in [3.63, 3.8) is 0 Å². The molecular formula is C15H28N2O3S. The highest BCUT2D eigenvalue weighted by atomic mass is 32.2. The Morgan fingerprint density at radius 3 is 2.71 bits per heavy atom. The number of nitrogens with zero attached hydrogens (tertiary/aromatic N) is 1. The smallest absolute Gasteiger partial charge is 0.222 e. The second kappa shape index (κ2) is 7.58. The lowest BCUT2D eigenvalue weighted by molar-refractivity contribution is -0.133. The predicted octanol–water partition coefficient (Wildman–Crippen LogP) is 1.19. The molecular weight excluding hydrogens is 288 g/mol. The molecule has 0 radical (unpaired) electrons. The van der Waals surface area contributed by atoms with Gasteiger partial charge in [0.25, 0.3) is 0 Å². The summed E-state index contributed by atoms with van der Waals surface area (Å²) in [6, 6.07) is -0.0873. The zero-order chi connectivity index (χ0) is 15.3. The van der Waals surface area contributed by atoms with Crippen molar-refractivity contribution in [2.24, 2.45) is 5.92 Å². The van der Waals surface area contributed by atoms with Crippen LogP contribution in [0.1, 0.15) is 45.4 Å². The number of hydrogen-bond acceptors (Lipinski definition) is 4. The van der Waals surface area contributed by atoms with Crippen LogP contribution in [0.2, 0.25) is 0 Å². The monoisotopic (exact) mass is 316 g/mol. The first kappa shape index (κ1) is 16.7. The minimum atomic E-state index is -2.93. The van der Waals surface area contributed by atoms with Crippen LogP contribution in [0.4, 0.5) is 0 Å². The van der Waals surface area contributed by atoms with E-state index in [0.29, 0.717) is 25.3 Å². The maximum atomic E-state index is 12.5. The fourth-order valence-corrected chi connectivity index (χ4v) is 5.02. The van der Waals surface area contributed by atoms with Gasteiger partial charge in [-0.05, 0) is 44.7 Å². The third-order valence-electron chi connectivity index (χ3n) is 4.65. The molecule has 0 aliphatic carbocycles. The van der Waals surface area contributed by atoms with Gasteiger partial charge in [-0.25, -0.2) is 8.42 Å². The molecule has 2 aliphatic heterocycles. The van der Waals surface area contributed by atoms with Crippen molar-refractivity contribution in [1.82, 2.24) is 10.2 Å². The van der Waals surface area contributed by atoms with Gasteiger partial charge >= 0.3 is 0 Å². The average Bonchev–Trinajstić information content (AvgIpc) is 3.06. The first-order chi connectivity index (χ1) is 10.0. The standard InChI is InChI=1S/C15H28N2O3S/c1-2-3-9-17(14-7-10-21(19,20)12-14)15(18)5-4-13-6-8-16-11-13/h13-14,16H,2-12H2,1H3. The Kier molecular flexibility index (Phi) is 6.05. The number of nitrogens with one attached hydrogen (secondary N) is 1. The highest BCUT2D eigenvalue weighted by Gasteiger charge is 2.34. The first-order valence-corrected chi connectivity index (χ1v) is 10.0. The molecule has 0 spiro atoms. The minimum Gasteiger partial charge on any atom is -0.339 e. The summed E-state index contributed by atoms with van der Waals surface area (Å²) in [7, 11) is -2.93. The lowest BCUT2D eigenvalue weighted by Gasteiger charge is -2.28. The number of amides is 1. The van der Waals surface area contributed by atoms with E-state index in [1.807, 2.05) is 4.90 Å². The molecule has 2 heterocycles. The molecule has 0 saturated carbocycles. The summed E-state index contributed by atoms with van der Waals surface area (Å²) in [5.41, 5.74) is 0. The molecule has 1 amide bonds. The molecule has 2 fully saturated rings. The van der Waals surface area contributed by atoms with Crippen molar-refractivity contribution in [2.75, 3.05) is 31.1 Å². The van der Waals surface area contributed by atoms with E-state index < -0.39 is 9.84 Å². The highest BCUT2D eigenvalue weighted by molar-refractivity contribution is 7.91. The second-order valence-electron chi connectivity index (χ2n) is 6.40. The molecule has 1 N–H and O–H groups in total. The summed E-state index contributed by atoms with van der Waals surface area (Å²) in [5.74, 6) is 1.15. The quantitative estimate of drug-likeness (QED) is 0.766. The molecule has 2 rings (SSSR count). The molecule has 0 aromatic rings. The maximum absolute atomic E-state index is 12.5. The van der Waals surface area contributed by atoms with Crippen LogP contribution < -0.4 is 5.32 Å². The van der Waals surface area contributed by atoms with Crippen LogP contribution in [-0.2, 0) is 14.6 Å². The molecule has 0 aromatic carbocycles. The van der Waals surface area contributed by atoms with Crippen LogP contribution in [0.3, 0.4) is 0 Å². The van der Waals surface area contributed by atoms with E-state index in [0.717, 1.165) is 38.8 Å². The summed E-state index contributed by atoms with van der Waals surface area (Å²) in [4.78, 5) is 14.4. The first-order valence-electron chi connectivity index (χ1n) is 8.22. The van der Waals surface area contributed by atoms with Crippen molar-refractivity contribution >= 4 is 15.7 Å². The van der Waals surface area contributed by atoms with Crippen molar-refractivity contribution in [3.05, 3.63) is 0 Å². The van der Waals surface area contributed by atoms with Crippen molar-refractivity contribution in [3.8, 4) is 0 Å². The summed E-state index contributed by atoms with van der Waals surface area (Å²) in [5, 5.41) is 3.32. The van der Waals surface area contributed by atoms with Crippen molar-refractivity contribution in [2.45, 2.75) is 51.5 Å². The molecule has 2 aliphatic rings. The summed E-state index contributed by atoms with van der Waals surface area (Å²) < 4.78 is 23.3. The highest BCUT2D eigenvalue weighted by Crippen LogP contribution is 2.21. The number of carbonyl (C=O) groups excluding carboxylic acids is 1. The van der Waals surface area contributed by atoms with E-state index in [2.05, 4.69) is 12.2 Å². The molecule has 2 unspecified atom stereocenters.